The van der Waals surface area contributed by atoms with Crippen LogP contribution in [0.25, 0.3) is 21.8 Å². The zero-order valence-electron chi connectivity index (χ0n) is 44.9. The molecule has 21 heteroatoms. The van der Waals surface area contributed by atoms with E-state index in [1.165, 1.54) is 47.4 Å². The Bertz CT molecular complexity index is 3460. The van der Waals surface area contributed by atoms with Crippen LogP contribution in [0.5, 0.6) is 0 Å². The lowest BCUT2D eigenvalue weighted by Gasteiger charge is -2.24. The van der Waals surface area contributed by atoms with Crippen LogP contribution in [-0.4, -0.2) is 125 Å². The number of nitrogen functional groups attached to an aromatic ring is 1. The van der Waals surface area contributed by atoms with Crippen molar-refractivity contribution in [3.8, 4) is 0 Å². The van der Waals surface area contributed by atoms with Gasteiger partial charge >= 0.3 is 0 Å². The Labute approximate surface area is 475 Å². The molecule has 4 aromatic carbocycles. The lowest BCUT2D eigenvalue weighted by molar-refractivity contribution is -0.138. The predicted octanol–water partition coefficient (Wildman–Crippen LogP) is 8.42. The minimum absolute atomic E-state index is 0.00563. The van der Waals surface area contributed by atoms with Gasteiger partial charge in [0.15, 0.2) is 11.6 Å². The molecule has 2 fully saturated rings. The Hall–Kier alpha value is -8.72. The molecule has 0 unspecified atom stereocenters. The molecule has 18 nitrogen and oxygen atoms in total. The maximum absolute atomic E-state index is 14.4. The Morgan fingerprint density at radius 3 is 1.48 bits per heavy atom. The maximum atomic E-state index is 14.4. The number of carbonyl (C=O) groups is 6. The van der Waals surface area contributed by atoms with Gasteiger partial charge in [-0.05, 0) is 87.1 Å². The molecule has 0 saturated carbocycles. The van der Waals surface area contributed by atoms with Crippen molar-refractivity contribution in [1.82, 2.24) is 49.5 Å². The molecule has 4 aromatic heterocycles. The minimum Gasteiger partial charge on any atom is -0.396 e. The van der Waals surface area contributed by atoms with E-state index in [0.717, 1.165) is 46.7 Å². The molecule has 420 valence electrons. The number of nitrogens with one attached hydrogen (secondary N) is 3. The number of hydrogen-bond acceptors (Lipinski definition) is 12. The van der Waals surface area contributed by atoms with E-state index in [1.807, 2.05) is 97.1 Å². The first-order valence-corrected chi connectivity index (χ1v) is 27.4. The second kappa shape index (κ2) is 27.9. The molecular weight excluding hydrogens is 1100 g/mol. The smallest absolute Gasteiger partial charge is 0.243 e. The van der Waals surface area contributed by atoms with Crippen molar-refractivity contribution in [1.29, 1.82) is 0 Å². The summed E-state index contributed by atoms with van der Waals surface area (Å²) in [6, 6.07) is 29.2. The van der Waals surface area contributed by atoms with E-state index in [1.54, 1.807) is 46.3 Å². The Morgan fingerprint density at radius 1 is 0.593 bits per heavy atom. The summed E-state index contributed by atoms with van der Waals surface area (Å²) in [6.07, 6.45) is 13.1. The topological polar surface area (TPSA) is 232 Å². The van der Waals surface area contributed by atoms with Gasteiger partial charge in [0.1, 0.15) is 50.2 Å². The quantitative estimate of drug-likeness (QED) is 0.0469. The van der Waals surface area contributed by atoms with E-state index >= 15 is 0 Å². The summed E-state index contributed by atoms with van der Waals surface area (Å²) < 4.78 is 32.9. The first-order chi connectivity index (χ1) is 39.1. The Morgan fingerprint density at radius 2 is 1.04 bits per heavy atom. The number of nitrogens with two attached hydrogens (primary N) is 1. The van der Waals surface area contributed by atoms with E-state index in [4.69, 9.17) is 5.73 Å². The summed E-state index contributed by atoms with van der Waals surface area (Å²) in [6.45, 7) is 3.43. The van der Waals surface area contributed by atoms with E-state index in [0.29, 0.717) is 46.5 Å². The largest absolute Gasteiger partial charge is 0.396 e. The highest BCUT2D eigenvalue weighted by atomic mass is 79.9. The van der Waals surface area contributed by atoms with Crippen LogP contribution in [0.1, 0.15) is 71.4 Å². The van der Waals surface area contributed by atoms with E-state index in [2.05, 4.69) is 51.8 Å². The third-order valence-electron chi connectivity index (χ3n) is 13.8. The lowest BCUT2D eigenvalue weighted by atomic mass is 10.1. The summed E-state index contributed by atoms with van der Waals surface area (Å²) in [5.41, 5.74) is 12.0. The Balaban J connectivity index is 0.000000191. The second-order valence-electron chi connectivity index (χ2n) is 19.8. The lowest BCUT2D eigenvalue weighted by Crippen LogP contribution is -2.47. The summed E-state index contributed by atoms with van der Waals surface area (Å²) >= 11 is 3.42. The summed E-state index contributed by atoms with van der Waals surface area (Å²) in [5, 5.41) is 10.4. The van der Waals surface area contributed by atoms with Crippen molar-refractivity contribution in [3.63, 3.8) is 0 Å². The monoisotopic (exact) mass is 1160 g/mol. The standard InChI is InChI=1S/C30H31FN6O3.C26H27BrFN3O3.C4H5N3/c1-20(38)26-17-36(27-10-9-23(13-25(26)27)35-24-14-32-19-33-15-24)18-29(39)37-16-22(31)12-28(37)30(40)34-11-5-8-21-6-3-2-4-7-21;1-17(32)22-15-30(23-10-9-19(27)12-21(22)23)16-25(33)31-14-20(28)13-24(31)26(34)29-11-5-8-18-6-3-2-4-7-18;5-4-1-6-3-7-2-4/h2-4,6-7,9-10,13-15,17,19,22,28,35H,5,8,11-12,16,18H2,1H3,(H,34,40);2-4,6-7,9-10,12,15,20,24H,5,8,11,13-14,16H2,1H3,(H,29,34);1-3H,5H2/t22-,28+;20-,24+;/m11./s1. The maximum Gasteiger partial charge on any atom is 0.243 e. The van der Waals surface area contributed by atoms with Crippen molar-refractivity contribution < 1.29 is 37.5 Å². The van der Waals surface area contributed by atoms with Crippen molar-refractivity contribution >= 4 is 90.0 Å². The Kier molecular flexibility index (Phi) is 20.1. The number of halogens is 3. The SMILES string of the molecule is CC(=O)c1cn(CC(=O)N2C[C@H](F)C[C@H]2C(=O)NCCCc2ccccc2)c2ccc(Br)cc12.CC(=O)c1cn(CC(=O)N2C[C@H](F)C[C@H]2C(=O)NCCCc2ccccc2)c2ccc(Nc3cncnc3)cc12.Nc1cncnc1. The number of ketones is 2. The van der Waals surface area contributed by atoms with Crippen LogP contribution in [0.3, 0.4) is 0 Å². The van der Waals surface area contributed by atoms with Crippen LogP contribution in [0.2, 0.25) is 0 Å². The van der Waals surface area contributed by atoms with Gasteiger partial charge in [0.25, 0.3) is 0 Å². The summed E-state index contributed by atoms with van der Waals surface area (Å²) in [4.78, 5) is 94.7. The molecule has 0 aliphatic carbocycles. The zero-order valence-corrected chi connectivity index (χ0v) is 46.5. The van der Waals surface area contributed by atoms with E-state index in [-0.39, 0.29) is 74.2 Å². The number of nitrogens with zero attached hydrogens (tertiary/aromatic N) is 8. The fourth-order valence-corrected chi connectivity index (χ4v) is 10.3. The zero-order chi connectivity index (χ0) is 57.4. The number of aryl methyl sites for hydroxylation is 2. The number of alkyl halides is 2. The van der Waals surface area contributed by atoms with Crippen LogP contribution >= 0.6 is 15.9 Å². The third kappa shape index (κ3) is 15.8. The highest BCUT2D eigenvalue weighted by Crippen LogP contribution is 2.30. The van der Waals surface area contributed by atoms with Gasteiger partial charge in [0.2, 0.25) is 23.6 Å². The number of amides is 4. The summed E-state index contributed by atoms with van der Waals surface area (Å²) in [7, 11) is 0. The first kappa shape index (κ1) is 58.4. The molecule has 5 N–H and O–H groups in total. The number of anilines is 3. The van der Waals surface area contributed by atoms with Crippen molar-refractivity contribution in [3.05, 3.63) is 174 Å². The third-order valence-corrected chi connectivity index (χ3v) is 14.3. The molecule has 8 aromatic rings. The van der Waals surface area contributed by atoms with E-state index < -0.39 is 24.4 Å². The molecule has 10 rings (SSSR count). The number of carbonyl (C=O) groups excluding carboxylic acids is 6. The van der Waals surface area contributed by atoms with E-state index in [9.17, 15) is 37.5 Å². The molecule has 81 heavy (non-hydrogen) atoms. The van der Waals surface area contributed by atoms with Crippen LogP contribution in [-0.2, 0) is 45.1 Å². The molecule has 2 aliphatic rings. The molecule has 6 heterocycles. The number of hydrogen-bond donors (Lipinski definition) is 4. The highest BCUT2D eigenvalue weighted by molar-refractivity contribution is 9.10. The van der Waals surface area contributed by atoms with Crippen molar-refractivity contribution in [2.45, 2.75) is 89.9 Å². The number of rotatable bonds is 18. The van der Waals surface area contributed by atoms with Crippen LogP contribution in [0.4, 0.5) is 25.8 Å². The summed E-state index contributed by atoms with van der Waals surface area (Å²) in [5.74, 6) is -1.64. The first-order valence-electron chi connectivity index (χ1n) is 26.6. The number of fused-ring (bicyclic) bond motifs is 2. The average molecular weight is 1170 g/mol. The van der Waals surface area contributed by atoms with Gasteiger partial charge in [-0.1, -0.05) is 76.6 Å². The number of benzene rings is 4. The van der Waals surface area contributed by atoms with Gasteiger partial charge < -0.3 is 40.6 Å². The minimum atomic E-state index is -1.27. The van der Waals surface area contributed by atoms with Gasteiger partial charge in [-0.15, -0.1) is 0 Å². The van der Waals surface area contributed by atoms with Crippen LogP contribution < -0.4 is 21.7 Å². The fraction of sp³-hybridized carbons (Fsp3) is 0.300. The van der Waals surface area contributed by atoms with Gasteiger partial charge in [0, 0.05) is 81.4 Å². The average Bonchev–Trinajstić information content (AvgIpc) is 4.45. The molecule has 2 aliphatic heterocycles. The normalized spacial score (nSPS) is 16.5. The molecular formula is C60H63BrF2N12O6. The number of Topliss-reactive ketones (excluding diaryl/α,β-unsaturated/α-hetero) is 2. The van der Waals surface area contributed by atoms with Gasteiger partial charge in [0.05, 0.1) is 49.3 Å². The van der Waals surface area contributed by atoms with Gasteiger partial charge in [-0.3, -0.25) is 28.8 Å². The molecule has 4 amide bonds. The number of aromatic nitrogens is 6. The second-order valence-corrected chi connectivity index (χ2v) is 20.7. The van der Waals surface area contributed by atoms with Crippen molar-refractivity contribution in [2.75, 3.05) is 37.2 Å². The molecule has 0 radical (unpaired) electrons. The predicted molar refractivity (Wildman–Crippen MR) is 309 cm³/mol. The van der Waals surface area contributed by atoms with Crippen LogP contribution in [0.15, 0.2) is 151 Å². The highest BCUT2D eigenvalue weighted by Gasteiger charge is 2.41. The fourth-order valence-electron chi connectivity index (χ4n) is 9.93. The number of likely N-dealkylation sites (tertiary alicyclic amines) is 2. The molecule has 4 atom stereocenters. The van der Waals surface area contributed by atoms with Gasteiger partial charge in [-0.25, -0.2) is 28.7 Å². The van der Waals surface area contributed by atoms with Crippen LogP contribution in [0, 0.1) is 0 Å². The molecule has 2 saturated heterocycles. The van der Waals surface area contributed by atoms with Crippen molar-refractivity contribution in [2.24, 2.45) is 0 Å². The molecule has 0 bridgehead atoms. The van der Waals surface area contributed by atoms with Gasteiger partial charge in [-0.2, -0.15) is 0 Å². The molecule has 0 spiro atoms.